The highest BCUT2D eigenvalue weighted by Gasteiger charge is 2.26. The van der Waals surface area contributed by atoms with Crippen LogP contribution in [0.2, 0.25) is 0 Å². The number of hydrogen-bond donors (Lipinski definition) is 1. The van der Waals surface area contributed by atoms with Crippen LogP contribution in [0.3, 0.4) is 0 Å². The zero-order valence-corrected chi connectivity index (χ0v) is 18.6. The zero-order valence-electron chi connectivity index (χ0n) is 18.6. The molecule has 3 aromatic rings. The molecule has 0 saturated carbocycles. The van der Waals surface area contributed by atoms with Gasteiger partial charge in [-0.15, -0.1) is 0 Å². The Bertz CT molecular complexity index is 1090. The molecule has 1 N–H and O–H groups in total. The first-order valence-corrected chi connectivity index (χ1v) is 11.5. The van der Waals surface area contributed by atoms with E-state index in [1.54, 1.807) is 0 Å². The normalized spacial score (nSPS) is 15.2. The number of nitrogens with one attached hydrogen (secondary N) is 1. The molecule has 2 aliphatic rings. The smallest absolute Gasteiger partial charge is 0.139 e. The third-order valence-electron chi connectivity index (χ3n) is 6.48. The summed E-state index contributed by atoms with van der Waals surface area (Å²) in [5.41, 5.74) is 8.28. The van der Waals surface area contributed by atoms with Crippen LogP contribution in [0.1, 0.15) is 53.0 Å². The van der Waals surface area contributed by atoms with Crippen LogP contribution in [0.4, 0.5) is 5.82 Å². The van der Waals surface area contributed by atoms with Gasteiger partial charge in [0.25, 0.3) is 0 Å². The highest BCUT2D eigenvalue weighted by molar-refractivity contribution is 5.81. The first-order chi connectivity index (χ1) is 15.2. The summed E-state index contributed by atoms with van der Waals surface area (Å²) in [5, 5.41) is 3.65. The number of pyridine rings is 1. The topological polar surface area (TPSA) is 53.9 Å². The minimum atomic E-state index is 0.755. The van der Waals surface area contributed by atoms with E-state index in [4.69, 9.17) is 15.0 Å². The number of benzene rings is 1. The summed E-state index contributed by atoms with van der Waals surface area (Å²) in [5.74, 6) is 1.84. The van der Waals surface area contributed by atoms with Gasteiger partial charge in [0.05, 0.1) is 17.0 Å². The van der Waals surface area contributed by atoms with Gasteiger partial charge < -0.3 is 10.2 Å². The molecule has 31 heavy (non-hydrogen) atoms. The fourth-order valence-corrected chi connectivity index (χ4v) is 4.81. The molecule has 0 atom stereocenters. The first-order valence-electron chi connectivity index (χ1n) is 11.5. The van der Waals surface area contributed by atoms with Crippen molar-refractivity contribution in [3.8, 4) is 11.3 Å². The van der Waals surface area contributed by atoms with Crippen molar-refractivity contribution in [2.24, 2.45) is 0 Å². The van der Waals surface area contributed by atoms with Gasteiger partial charge in [-0.1, -0.05) is 30.3 Å². The van der Waals surface area contributed by atoms with Gasteiger partial charge in [0.2, 0.25) is 0 Å². The number of hydrogen-bond acceptors (Lipinski definition) is 5. The Morgan fingerprint density at radius 3 is 2.74 bits per heavy atom. The lowest BCUT2D eigenvalue weighted by Crippen LogP contribution is -2.22. The SMILES string of the molecule is Cc1cnc2c(c1)Cc1nc(Cc3ccccc3C)nc(NCCCN3CCCC3)c1-2. The lowest BCUT2D eigenvalue weighted by atomic mass is 10.1. The Kier molecular flexibility index (Phi) is 5.68. The summed E-state index contributed by atoms with van der Waals surface area (Å²) < 4.78 is 0. The fourth-order valence-electron chi connectivity index (χ4n) is 4.81. The van der Waals surface area contributed by atoms with Crippen molar-refractivity contribution in [2.75, 3.05) is 31.5 Å². The second-order valence-electron chi connectivity index (χ2n) is 8.94. The van der Waals surface area contributed by atoms with Gasteiger partial charge in [0.15, 0.2) is 0 Å². The van der Waals surface area contributed by atoms with Crippen LogP contribution in [0, 0.1) is 13.8 Å². The number of fused-ring (bicyclic) bond motifs is 3. The Labute approximate surface area is 185 Å². The van der Waals surface area contributed by atoms with Gasteiger partial charge in [-0.05, 0) is 75.0 Å². The minimum absolute atomic E-state index is 0.755. The van der Waals surface area contributed by atoms with E-state index < -0.39 is 0 Å². The maximum Gasteiger partial charge on any atom is 0.139 e. The first kappa shape index (κ1) is 20.1. The maximum absolute atomic E-state index is 5.00. The minimum Gasteiger partial charge on any atom is -0.369 e. The molecule has 2 aromatic heterocycles. The van der Waals surface area contributed by atoms with Crippen molar-refractivity contribution in [1.82, 2.24) is 19.9 Å². The van der Waals surface area contributed by atoms with Crippen LogP contribution in [-0.2, 0) is 12.8 Å². The third kappa shape index (κ3) is 4.33. The molecule has 0 spiro atoms. The van der Waals surface area contributed by atoms with E-state index in [0.717, 1.165) is 60.9 Å². The lowest BCUT2D eigenvalue weighted by Gasteiger charge is -2.16. The van der Waals surface area contributed by atoms with Crippen molar-refractivity contribution in [3.05, 3.63) is 70.3 Å². The van der Waals surface area contributed by atoms with Gasteiger partial charge in [-0.2, -0.15) is 0 Å². The van der Waals surface area contributed by atoms with Gasteiger partial charge in [-0.25, -0.2) is 9.97 Å². The van der Waals surface area contributed by atoms with Crippen LogP contribution in [0.25, 0.3) is 11.3 Å². The molecule has 5 heteroatoms. The zero-order chi connectivity index (χ0) is 21.2. The van der Waals surface area contributed by atoms with Crippen molar-refractivity contribution in [1.29, 1.82) is 0 Å². The molecule has 0 amide bonds. The predicted molar refractivity (Wildman–Crippen MR) is 126 cm³/mol. The Morgan fingerprint density at radius 1 is 1.06 bits per heavy atom. The van der Waals surface area contributed by atoms with Crippen molar-refractivity contribution >= 4 is 5.82 Å². The molecule has 1 saturated heterocycles. The van der Waals surface area contributed by atoms with Crippen LogP contribution >= 0.6 is 0 Å². The maximum atomic E-state index is 5.00. The van der Waals surface area contributed by atoms with E-state index in [1.165, 1.54) is 48.2 Å². The number of nitrogens with zero attached hydrogens (tertiary/aromatic N) is 4. The summed E-state index contributed by atoms with van der Waals surface area (Å²) in [7, 11) is 0. The number of rotatable bonds is 7. The average molecular weight is 414 g/mol. The largest absolute Gasteiger partial charge is 0.369 e. The Balaban J connectivity index is 1.41. The van der Waals surface area contributed by atoms with Gasteiger partial charge >= 0.3 is 0 Å². The van der Waals surface area contributed by atoms with E-state index in [-0.39, 0.29) is 0 Å². The molecule has 160 valence electrons. The summed E-state index contributed by atoms with van der Waals surface area (Å²) >= 11 is 0. The van der Waals surface area contributed by atoms with Crippen LogP contribution in [0.5, 0.6) is 0 Å². The predicted octanol–water partition coefficient (Wildman–Crippen LogP) is 4.55. The molecule has 3 heterocycles. The molecule has 1 aromatic carbocycles. The highest BCUT2D eigenvalue weighted by Crippen LogP contribution is 2.38. The number of anilines is 1. The monoisotopic (exact) mass is 413 g/mol. The van der Waals surface area contributed by atoms with Crippen LogP contribution in [-0.4, -0.2) is 46.0 Å². The molecule has 0 bridgehead atoms. The third-order valence-corrected chi connectivity index (χ3v) is 6.48. The Morgan fingerprint density at radius 2 is 1.90 bits per heavy atom. The van der Waals surface area contributed by atoms with Crippen LogP contribution in [0.15, 0.2) is 36.5 Å². The van der Waals surface area contributed by atoms with E-state index in [9.17, 15) is 0 Å². The molecule has 1 aliphatic heterocycles. The summed E-state index contributed by atoms with van der Waals surface area (Å²) in [6.07, 6.45) is 7.36. The molecule has 5 rings (SSSR count). The van der Waals surface area contributed by atoms with Gasteiger partial charge in [-0.3, -0.25) is 4.98 Å². The quantitative estimate of drug-likeness (QED) is 0.451. The molecular formula is C26H31N5. The second kappa shape index (κ2) is 8.75. The molecular weight excluding hydrogens is 382 g/mol. The molecule has 0 radical (unpaired) electrons. The standard InChI is InChI=1S/C26H31N5/c1-18-14-21-15-22-24(25(21)28-17-18)26(27-10-7-13-31-11-5-6-12-31)30-23(29-22)16-20-9-4-3-8-19(20)2/h3-4,8-9,14,17H,5-7,10-13,15-16H2,1-2H3,(H,27,29,30). The fraction of sp³-hybridized carbons (Fsp3) is 0.423. The second-order valence-corrected chi connectivity index (χ2v) is 8.94. The number of aryl methyl sites for hydroxylation is 2. The summed E-state index contributed by atoms with van der Waals surface area (Å²) in [6, 6.07) is 10.7. The van der Waals surface area contributed by atoms with E-state index >= 15 is 0 Å². The van der Waals surface area contributed by atoms with Gasteiger partial charge in [0, 0.05) is 25.6 Å². The average Bonchev–Trinajstić information content (AvgIpc) is 3.40. The number of likely N-dealkylation sites (tertiary alicyclic amines) is 1. The molecule has 0 unspecified atom stereocenters. The van der Waals surface area contributed by atoms with E-state index in [2.05, 4.69) is 54.4 Å². The van der Waals surface area contributed by atoms with E-state index in [0.29, 0.717) is 0 Å². The summed E-state index contributed by atoms with van der Waals surface area (Å²) in [4.78, 5) is 17.3. The summed E-state index contributed by atoms with van der Waals surface area (Å²) in [6.45, 7) is 8.83. The molecule has 5 nitrogen and oxygen atoms in total. The molecule has 1 aliphatic carbocycles. The highest BCUT2D eigenvalue weighted by atomic mass is 15.1. The molecule has 1 fully saturated rings. The van der Waals surface area contributed by atoms with Crippen LogP contribution < -0.4 is 5.32 Å². The Hall–Kier alpha value is -2.79. The number of aromatic nitrogens is 3. The lowest BCUT2D eigenvalue weighted by molar-refractivity contribution is 0.337. The van der Waals surface area contributed by atoms with Crippen molar-refractivity contribution in [2.45, 2.75) is 46.0 Å². The van der Waals surface area contributed by atoms with Gasteiger partial charge in [0.1, 0.15) is 11.6 Å². The van der Waals surface area contributed by atoms with Crippen molar-refractivity contribution in [3.63, 3.8) is 0 Å². The van der Waals surface area contributed by atoms with E-state index in [1.807, 2.05) is 6.20 Å². The van der Waals surface area contributed by atoms with Crippen molar-refractivity contribution < 1.29 is 0 Å².